The fourth-order valence-corrected chi connectivity index (χ4v) is 2.73. The second kappa shape index (κ2) is 7.09. The molecule has 0 unspecified atom stereocenters. The van der Waals surface area contributed by atoms with Crippen molar-refractivity contribution >= 4 is 40.9 Å². The smallest absolute Gasteiger partial charge is 0.356 e. The van der Waals surface area contributed by atoms with E-state index in [1.807, 2.05) is 5.43 Å². The van der Waals surface area contributed by atoms with E-state index < -0.39 is 5.97 Å². The number of hydrogen-bond donors (Lipinski definition) is 4. The maximum absolute atomic E-state index is 11.0. The van der Waals surface area contributed by atoms with Gasteiger partial charge in [-0.3, -0.25) is 5.84 Å². The van der Waals surface area contributed by atoms with Gasteiger partial charge in [0.05, 0.1) is 10.0 Å². The van der Waals surface area contributed by atoms with E-state index in [0.29, 0.717) is 26.6 Å². The first kappa shape index (κ1) is 17.4. The molecule has 1 aromatic heterocycles. The van der Waals surface area contributed by atoms with Gasteiger partial charge in [-0.2, -0.15) is 0 Å². The number of nitrogens with two attached hydrogens (primary N) is 2. The standard InChI is InChI=1S/C12H12Cl2N6O2S/c1-20-10(5-2-3-6(13)7(14)4-5)18-19-12(20)23-9(15)8(17-16)11(21)22/h2-4,17H,15-16H2,1H3,(H,21,22)/b9-8+. The van der Waals surface area contributed by atoms with Crippen LogP contribution in [0.15, 0.2) is 34.1 Å². The average Bonchev–Trinajstić information content (AvgIpc) is 2.83. The third-order valence-corrected chi connectivity index (χ3v) is 4.52. The van der Waals surface area contributed by atoms with E-state index >= 15 is 0 Å². The van der Waals surface area contributed by atoms with Crippen molar-refractivity contribution in [3.05, 3.63) is 39.0 Å². The number of hydrazine groups is 1. The Balaban J connectivity index is 2.36. The molecule has 11 heteroatoms. The van der Waals surface area contributed by atoms with E-state index in [9.17, 15) is 4.79 Å². The molecule has 2 rings (SSSR count). The van der Waals surface area contributed by atoms with Gasteiger partial charge >= 0.3 is 5.97 Å². The molecule has 6 N–H and O–H groups in total. The van der Waals surface area contributed by atoms with Gasteiger partial charge in [0.15, 0.2) is 16.7 Å². The summed E-state index contributed by atoms with van der Waals surface area (Å²) in [6.07, 6.45) is 0. The summed E-state index contributed by atoms with van der Waals surface area (Å²) in [6, 6.07) is 5.05. The number of hydrogen-bond acceptors (Lipinski definition) is 7. The lowest BCUT2D eigenvalue weighted by Gasteiger charge is -2.07. The Kier molecular flexibility index (Phi) is 5.37. The molecule has 0 spiro atoms. The van der Waals surface area contributed by atoms with Gasteiger partial charge in [-0.05, 0) is 30.0 Å². The molecule has 2 aromatic rings. The zero-order chi connectivity index (χ0) is 17.1. The van der Waals surface area contributed by atoms with E-state index in [-0.39, 0.29) is 10.7 Å². The van der Waals surface area contributed by atoms with E-state index in [0.717, 1.165) is 11.8 Å². The first-order valence-electron chi connectivity index (χ1n) is 6.07. The monoisotopic (exact) mass is 374 g/mol. The fourth-order valence-electron chi connectivity index (χ4n) is 1.68. The highest BCUT2D eigenvalue weighted by atomic mass is 35.5. The van der Waals surface area contributed by atoms with Crippen LogP contribution in [0.3, 0.4) is 0 Å². The number of carbonyl (C=O) groups is 1. The zero-order valence-electron chi connectivity index (χ0n) is 11.7. The molecule has 0 saturated heterocycles. The summed E-state index contributed by atoms with van der Waals surface area (Å²) in [5.74, 6) is 4.39. The SMILES string of the molecule is Cn1c(S/C(N)=C(/NN)C(=O)O)nnc1-c1ccc(Cl)c(Cl)c1. The molecular weight excluding hydrogens is 363 g/mol. The number of rotatable bonds is 5. The van der Waals surface area contributed by atoms with Gasteiger partial charge in [0.25, 0.3) is 0 Å². The third kappa shape index (κ3) is 3.70. The minimum atomic E-state index is -1.27. The lowest BCUT2D eigenvalue weighted by atomic mass is 10.2. The molecule has 0 radical (unpaired) electrons. The first-order chi connectivity index (χ1) is 10.8. The van der Waals surface area contributed by atoms with Crippen LogP contribution in [0.2, 0.25) is 10.0 Å². The van der Waals surface area contributed by atoms with Crippen LogP contribution in [-0.4, -0.2) is 25.8 Å². The number of aliphatic carboxylic acids is 1. The molecule has 0 aliphatic heterocycles. The summed E-state index contributed by atoms with van der Waals surface area (Å²) in [4.78, 5) is 11.0. The average molecular weight is 375 g/mol. The summed E-state index contributed by atoms with van der Waals surface area (Å²) < 4.78 is 1.65. The van der Waals surface area contributed by atoms with Crippen molar-refractivity contribution in [1.29, 1.82) is 0 Å². The number of aromatic nitrogens is 3. The molecule has 0 saturated carbocycles. The lowest BCUT2D eigenvalue weighted by Crippen LogP contribution is -2.29. The molecule has 122 valence electrons. The van der Waals surface area contributed by atoms with Crippen molar-refractivity contribution in [2.24, 2.45) is 18.6 Å². The van der Waals surface area contributed by atoms with Gasteiger partial charge in [-0.1, -0.05) is 23.2 Å². The molecule has 1 heterocycles. The number of nitrogens with one attached hydrogen (secondary N) is 1. The third-order valence-electron chi connectivity index (χ3n) is 2.82. The van der Waals surface area contributed by atoms with Crippen LogP contribution in [0.5, 0.6) is 0 Å². The maximum Gasteiger partial charge on any atom is 0.356 e. The Bertz CT molecular complexity index is 792. The highest BCUT2D eigenvalue weighted by Gasteiger charge is 2.17. The van der Waals surface area contributed by atoms with Crippen molar-refractivity contribution in [3.63, 3.8) is 0 Å². The van der Waals surface area contributed by atoms with E-state index in [1.54, 1.807) is 29.8 Å². The van der Waals surface area contributed by atoms with Crippen LogP contribution in [0.25, 0.3) is 11.4 Å². The normalized spacial score (nSPS) is 12.0. The van der Waals surface area contributed by atoms with Gasteiger partial charge in [0.2, 0.25) is 0 Å². The summed E-state index contributed by atoms with van der Waals surface area (Å²) in [7, 11) is 1.71. The van der Waals surface area contributed by atoms with Crippen molar-refractivity contribution < 1.29 is 9.90 Å². The van der Waals surface area contributed by atoms with Crippen molar-refractivity contribution in [3.8, 4) is 11.4 Å². The summed E-state index contributed by atoms with van der Waals surface area (Å²) in [6.45, 7) is 0. The van der Waals surface area contributed by atoms with Crippen molar-refractivity contribution in [2.75, 3.05) is 0 Å². The molecular formula is C12H12Cl2N6O2S. The van der Waals surface area contributed by atoms with Crippen LogP contribution in [0.4, 0.5) is 0 Å². The van der Waals surface area contributed by atoms with Crippen LogP contribution < -0.4 is 17.0 Å². The van der Waals surface area contributed by atoms with Crippen LogP contribution >= 0.6 is 35.0 Å². The predicted octanol–water partition coefficient (Wildman–Crippen LogP) is 1.56. The Hall–Kier alpha value is -1.94. The molecule has 0 atom stereocenters. The number of carboxylic acids is 1. The Morgan fingerprint density at radius 1 is 1.35 bits per heavy atom. The van der Waals surface area contributed by atoms with Gasteiger partial charge in [0, 0.05) is 12.6 Å². The van der Waals surface area contributed by atoms with Crippen LogP contribution in [0.1, 0.15) is 0 Å². The van der Waals surface area contributed by atoms with Gasteiger partial charge in [-0.25, -0.2) is 4.79 Å². The molecule has 8 nitrogen and oxygen atoms in total. The lowest BCUT2D eigenvalue weighted by molar-refractivity contribution is -0.133. The first-order valence-corrected chi connectivity index (χ1v) is 7.64. The Morgan fingerprint density at radius 3 is 2.61 bits per heavy atom. The largest absolute Gasteiger partial charge is 0.476 e. The fraction of sp³-hybridized carbons (Fsp3) is 0.0833. The second-order valence-electron chi connectivity index (χ2n) is 4.28. The zero-order valence-corrected chi connectivity index (χ0v) is 14.1. The minimum absolute atomic E-state index is 0.0452. The van der Waals surface area contributed by atoms with E-state index in [4.69, 9.17) is 39.9 Å². The van der Waals surface area contributed by atoms with E-state index in [2.05, 4.69) is 10.2 Å². The van der Waals surface area contributed by atoms with Crippen molar-refractivity contribution in [2.45, 2.75) is 5.16 Å². The molecule has 1 aromatic carbocycles. The van der Waals surface area contributed by atoms with Crippen molar-refractivity contribution in [1.82, 2.24) is 20.2 Å². The van der Waals surface area contributed by atoms with Gasteiger partial charge < -0.3 is 20.8 Å². The van der Waals surface area contributed by atoms with Crippen LogP contribution in [0, 0.1) is 0 Å². The minimum Gasteiger partial charge on any atom is -0.476 e. The molecule has 0 aliphatic carbocycles. The van der Waals surface area contributed by atoms with Gasteiger partial charge in [0.1, 0.15) is 5.03 Å². The number of halogens is 2. The number of thioether (sulfide) groups is 1. The maximum atomic E-state index is 11.0. The summed E-state index contributed by atoms with van der Waals surface area (Å²) in [5.41, 5.74) is 8.14. The van der Waals surface area contributed by atoms with Crippen LogP contribution in [-0.2, 0) is 11.8 Å². The Labute approximate surface area is 145 Å². The summed E-state index contributed by atoms with van der Waals surface area (Å²) in [5, 5.41) is 18.2. The van der Waals surface area contributed by atoms with E-state index in [1.165, 1.54) is 0 Å². The number of benzene rings is 1. The Morgan fingerprint density at radius 2 is 2.04 bits per heavy atom. The predicted molar refractivity (Wildman–Crippen MR) is 88.5 cm³/mol. The molecule has 0 bridgehead atoms. The van der Waals surface area contributed by atoms with Gasteiger partial charge in [-0.15, -0.1) is 10.2 Å². The number of nitrogens with zero attached hydrogens (tertiary/aromatic N) is 3. The molecule has 0 amide bonds. The molecule has 23 heavy (non-hydrogen) atoms. The highest BCUT2D eigenvalue weighted by molar-refractivity contribution is 8.02. The number of carboxylic acid groups (broad SMARTS) is 1. The highest BCUT2D eigenvalue weighted by Crippen LogP contribution is 2.30. The summed E-state index contributed by atoms with van der Waals surface area (Å²) >= 11 is 12.8. The quantitative estimate of drug-likeness (QED) is 0.268. The molecule has 0 fully saturated rings. The second-order valence-corrected chi connectivity index (χ2v) is 6.11. The molecule has 0 aliphatic rings. The topological polar surface area (TPSA) is 132 Å².